The monoisotopic (exact) mass is 205 g/mol. The van der Waals surface area contributed by atoms with Gasteiger partial charge in [0, 0.05) is 15.5 Å². The van der Waals surface area contributed by atoms with Gasteiger partial charge >= 0.3 is 0 Å². The summed E-state index contributed by atoms with van der Waals surface area (Å²) < 4.78 is 0. The van der Waals surface area contributed by atoms with Crippen LogP contribution in [0.15, 0.2) is 23.3 Å². The van der Waals surface area contributed by atoms with Gasteiger partial charge in [-0.1, -0.05) is 28.6 Å². The van der Waals surface area contributed by atoms with Gasteiger partial charge in [-0.2, -0.15) is 0 Å². The molecule has 14 heavy (non-hydrogen) atoms. The molecule has 3 nitrogen and oxygen atoms in total. The highest BCUT2D eigenvalue weighted by Crippen LogP contribution is 2.13. The summed E-state index contributed by atoms with van der Waals surface area (Å²) in [5.41, 5.74) is 9.95. The van der Waals surface area contributed by atoms with Crippen LogP contribution in [0.25, 0.3) is 10.4 Å². The molecule has 0 aliphatic rings. The summed E-state index contributed by atoms with van der Waals surface area (Å²) in [5, 5.41) is 4.01. The van der Waals surface area contributed by atoms with Crippen molar-refractivity contribution in [1.29, 1.82) is 0 Å². The molecule has 0 saturated carbocycles. The Morgan fingerprint density at radius 2 is 2.36 bits per heavy atom. The highest BCUT2D eigenvalue weighted by Gasteiger charge is 1.94. The lowest BCUT2D eigenvalue weighted by atomic mass is 10.1. The molecule has 0 aliphatic carbocycles. The van der Waals surface area contributed by atoms with Crippen LogP contribution < -0.4 is 0 Å². The first-order valence-electron chi connectivity index (χ1n) is 4.00. The van der Waals surface area contributed by atoms with E-state index in [9.17, 15) is 0 Å². The lowest BCUT2D eigenvalue weighted by molar-refractivity contribution is 1.25. The maximum Gasteiger partial charge on any atom is 0.0880 e. The number of benzene rings is 1. The zero-order valence-corrected chi connectivity index (χ0v) is 8.41. The van der Waals surface area contributed by atoms with Crippen molar-refractivity contribution in [1.82, 2.24) is 0 Å². The lowest BCUT2D eigenvalue weighted by Gasteiger charge is -1.97. The Bertz CT molecular complexity index is 436. The van der Waals surface area contributed by atoms with Gasteiger partial charge in [0.25, 0.3) is 0 Å². The van der Waals surface area contributed by atoms with E-state index in [0.29, 0.717) is 5.02 Å². The Hall–Kier alpha value is -1.62. The quantitative estimate of drug-likeness (QED) is 0.292. The van der Waals surface area contributed by atoms with E-state index in [1.165, 1.54) is 0 Å². The van der Waals surface area contributed by atoms with Crippen LogP contribution >= 0.6 is 11.6 Å². The summed E-state index contributed by atoms with van der Waals surface area (Å²) in [6.07, 6.45) is 0. The molecule has 0 aliphatic heterocycles. The second kappa shape index (κ2) is 5.18. The molecule has 1 aromatic rings. The fourth-order valence-corrected chi connectivity index (χ4v) is 1.20. The van der Waals surface area contributed by atoms with Crippen LogP contribution in [-0.2, 0) is 0 Å². The highest BCUT2D eigenvalue weighted by molar-refractivity contribution is 6.30. The third-order valence-electron chi connectivity index (χ3n) is 1.62. The summed E-state index contributed by atoms with van der Waals surface area (Å²) in [6, 6.07) is 5.48. The maximum atomic E-state index is 8.03. The molecule has 0 aromatic heterocycles. The second-order valence-electron chi connectivity index (χ2n) is 2.65. The zero-order chi connectivity index (χ0) is 10.4. The molecule has 4 heteroatoms. The van der Waals surface area contributed by atoms with Gasteiger partial charge in [0.15, 0.2) is 0 Å². The molecule has 0 bridgehead atoms. The SMILES string of the molecule is Cc1cc(Cl)ccc1C#CCN=[N+]=[N-]. The molecule has 0 saturated heterocycles. The normalized spacial score (nSPS) is 8.43. The minimum atomic E-state index is 0.193. The Morgan fingerprint density at radius 3 is 3.00 bits per heavy atom. The molecule has 1 rings (SSSR count). The molecule has 0 spiro atoms. The van der Waals surface area contributed by atoms with E-state index in [-0.39, 0.29) is 6.54 Å². The first-order chi connectivity index (χ1) is 6.74. The van der Waals surface area contributed by atoms with Crippen LogP contribution in [0.2, 0.25) is 5.02 Å². The first kappa shape index (κ1) is 10.5. The summed E-state index contributed by atoms with van der Waals surface area (Å²) in [7, 11) is 0. The molecule has 0 unspecified atom stereocenters. The lowest BCUT2D eigenvalue weighted by Crippen LogP contribution is -1.81. The van der Waals surface area contributed by atoms with Crippen molar-refractivity contribution < 1.29 is 0 Å². The third-order valence-corrected chi connectivity index (χ3v) is 1.86. The predicted octanol–water partition coefficient (Wildman–Crippen LogP) is 3.31. The average molecular weight is 206 g/mol. The van der Waals surface area contributed by atoms with Gasteiger partial charge in [0.2, 0.25) is 0 Å². The van der Waals surface area contributed by atoms with Crippen molar-refractivity contribution in [3.05, 3.63) is 44.8 Å². The van der Waals surface area contributed by atoms with Crippen LogP contribution in [0.5, 0.6) is 0 Å². The molecule has 0 N–H and O–H groups in total. The fraction of sp³-hybridized carbons (Fsp3) is 0.200. The number of aryl methyl sites for hydroxylation is 1. The van der Waals surface area contributed by atoms with Crippen molar-refractivity contribution >= 4 is 11.6 Å². The largest absolute Gasteiger partial charge is 0.0919 e. The van der Waals surface area contributed by atoms with Crippen LogP contribution in [0.4, 0.5) is 0 Å². The van der Waals surface area contributed by atoms with E-state index in [0.717, 1.165) is 11.1 Å². The van der Waals surface area contributed by atoms with Crippen molar-refractivity contribution in [2.45, 2.75) is 6.92 Å². The number of hydrogen-bond donors (Lipinski definition) is 0. The van der Waals surface area contributed by atoms with E-state index in [1.807, 2.05) is 19.1 Å². The molecule has 70 valence electrons. The van der Waals surface area contributed by atoms with Crippen LogP contribution in [0.3, 0.4) is 0 Å². The molecular weight excluding hydrogens is 198 g/mol. The standard InChI is InChI=1S/C10H8ClN3/c1-8-7-10(11)5-4-9(8)3-2-6-13-14-12/h4-5,7H,6H2,1H3. The number of hydrogen-bond acceptors (Lipinski definition) is 1. The molecule has 0 fully saturated rings. The highest BCUT2D eigenvalue weighted by atomic mass is 35.5. The van der Waals surface area contributed by atoms with E-state index in [2.05, 4.69) is 21.9 Å². The summed E-state index contributed by atoms with van der Waals surface area (Å²) in [4.78, 5) is 2.60. The number of nitrogens with zero attached hydrogens (tertiary/aromatic N) is 3. The van der Waals surface area contributed by atoms with Gasteiger partial charge in [-0.05, 0) is 36.2 Å². The number of halogens is 1. The Labute approximate surface area is 87.3 Å². The van der Waals surface area contributed by atoms with E-state index in [4.69, 9.17) is 17.1 Å². The molecule has 0 amide bonds. The first-order valence-corrected chi connectivity index (χ1v) is 4.37. The van der Waals surface area contributed by atoms with E-state index in [1.54, 1.807) is 6.07 Å². The molecule has 0 radical (unpaired) electrons. The fourth-order valence-electron chi connectivity index (χ4n) is 0.969. The minimum absolute atomic E-state index is 0.193. The third kappa shape index (κ3) is 3.02. The summed E-state index contributed by atoms with van der Waals surface area (Å²) in [6.45, 7) is 2.13. The van der Waals surface area contributed by atoms with Crippen molar-refractivity contribution in [2.24, 2.45) is 5.11 Å². The Kier molecular flexibility index (Phi) is 3.87. The molecular formula is C10H8ClN3. The van der Waals surface area contributed by atoms with Gasteiger partial charge in [0.05, 0.1) is 6.54 Å². The molecule has 0 atom stereocenters. The van der Waals surface area contributed by atoms with Gasteiger partial charge in [-0.15, -0.1) is 0 Å². The predicted molar refractivity (Wildman–Crippen MR) is 57.1 cm³/mol. The van der Waals surface area contributed by atoms with Crippen molar-refractivity contribution in [3.63, 3.8) is 0 Å². The topological polar surface area (TPSA) is 48.8 Å². The summed E-state index contributed by atoms with van der Waals surface area (Å²) >= 11 is 5.79. The van der Waals surface area contributed by atoms with Crippen LogP contribution in [0, 0.1) is 18.8 Å². The maximum absolute atomic E-state index is 8.03. The van der Waals surface area contributed by atoms with Crippen molar-refractivity contribution in [3.8, 4) is 11.8 Å². The van der Waals surface area contributed by atoms with Crippen LogP contribution in [-0.4, -0.2) is 6.54 Å². The Morgan fingerprint density at radius 1 is 1.57 bits per heavy atom. The van der Waals surface area contributed by atoms with Gasteiger partial charge in [-0.25, -0.2) is 0 Å². The summed E-state index contributed by atoms with van der Waals surface area (Å²) in [5.74, 6) is 5.65. The van der Waals surface area contributed by atoms with E-state index < -0.39 is 0 Å². The zero-order valence-electron chi connectivity index (χ0n) is 7.66. The van der Waals surface area contributed by atoms with Gasteiger partial charge < -0.3 is 0 Å². The molecule has 1 aromatic carbocycles. The second-order valence-corrected chi connectivity index (χ2v) is 3.09. The Balaban J connectivity index is 2.84. The van der Waals surface area contributed by atoms with Crippen LogP contribution in [0.1, 0.15) is 11.1 Å². The average Bonchev–Trinajstić information content (AvgIpc) is 2.15. The minimum Gasteiger partial charge on any atom is -0.0919 e. The molecule has 0 heterocycles. The van der Waals surface area contributed by atoms with Gasteiger partial charge in [-0.3, -0.25) is 0 Å². The van der Waals surface area contributed by atoms with Crippen molar-refractivity contribution in [2.75, 3.05) is 6.54 Å². The van der Waals surface area contributed by atoms with E-state index >= 15 is 0 Å². The van der Waals surface area contributed by atoms with Gasteiger partial charge in [0.1, 0.15) is 0 Å². The smallest absolute Gasteiger partial charge is 0.0880 e. The number of rotatable bonds is 1. The number of azide groups is 1.